The zero-order valence-corrected chi connectivity index (χ0v) is 21.3. The van der Waals surface area contributed by atoms with Crippen LogP contribution in [0.5, 0.6) is 17.2 Å². The van der Waals surface area contributed by atoms with E-state index >= 15 is 0 Å². The molecule has 188 valence electrons. The number of oxazole rings is 1. The molecule has 0 aliphatic heterocycles. The molecule has 2 aromatic carbocycles. The van der Waals surface area contributed by atoms with Gasteiger partial charge in [-0.2, -0.15) is 0 Å². The van der Waals surface area contributed by atoms with E-state index in [2.05, 4.69) is 21.4 Å². The van der Waals surface area contributed by atoms with Crippen LogP contribution in [-0.4, -0.2) is 47.3 Å². The van der Waals surface area contributed by atoms with Crippen LogP contribution in [0.1, 0.15) is 38.8 Å². The summed E-state index contributed by atoms with van der Waals surface area (Å²) in [7, 11) is 4.60. The highest BCUT2D eigenvalue weighted by Crippen LogP contribution is 2.41. The zero-order chi connectivity index (χ0) is 26.0. The lowest BCUT2D eigenvalue weighted by Crippen LogP contribution is -2.09. The highest BCUT2D eigenvalue weighted by atomic mass is 16.5. The van der Waals surface area contributed by atoms with E-state index in [0.29, 0.717) is 45.9 Å². The van der Waals surface area contributed by atoms with Crippen LogP contribution in [0, 0.1) is 27.7 Å². The van der Waals surface area contributed by atoms with Crippen molar-refractivity contribution in [3.63, 3.8) is 0 Å². The van der Waals surface area contributed by atoms with Crippen LogP contribution in [0.3, 0.4) is 0 Å². The first-order chi connectivity index (χ1) is 17.2. The van der Waals surface area contributed by atoms with Gasteiger partial charge in [-0.15, -0.1) is 5.10 Å². The van der Waals surface area contributed by atoms with Gasteiger partial charge in [0, 0.05) is 5.56 Å². The molecule has 0 fully saturated rings. The molecule has 2 heterocycles. The molecule has 0 amide bonds. The van der Waals surface area contributed by atoms with E-state index in [4.69, 9.17) is 23.4 Å². The number of ether oxygens (including phenoxy) is 4. The van der Waals surface area contributed by atoms with Gasteiger partial charge in [0.15, 0.2) is 17.2 Å². The summed E-state index contributed by atoms with van der Waals surface area (Å²) in [6.45, 7) is 7.45. The van der Waals surface area contributed by atoms with Crippen molar-refractivity contribution in [1.82, 2.24) is 20.0 Å². The average Bonchev–Trinajstić information content (AvgIpc) is 3.43. The summed E-state index contributed by atoms with van der Waals surface area (Å²) in [5.74, 6) is 1.65. The number of aryl methyl sites for hydroxylation is 3. The number of carbonyl (C=O) groups excluding carboxylic acids is 1. The Kier molecular flexibility index (Phi) is 6.96. The summed E-state index contributed by atoms with van der Waals surface area (Å²) in [6, 6.07) is 9.49. The second kappa shape index (κ2) is 10.1. The highest BCUT2D eigenvalue weighted by molar-refractivity contribution is 5.88. The molecule has 0 saturated heterocycles. The molecule has 0 N–H and O–H groups in total. The van der Waals surface area contributed by atoms with Crippen LogP contribution in [0.25, 0.3) is 17.1 Å². The Morgan fingerprint density at radius 3 is 2.14 bits per heavy atom. The zero-order valence-electron chi connectivity index (χ0n) is 21.3. The number of nitrogens with zero attached hydrogens (tertiary/aromatic N) is 4. The molecule has 10 heteroatoms. The molecule has 0 unspecified atom stereocenters. The van der Waals surface area contributed by atoms with Crippen molar-refractivity contribution in [2.45, 2.75) is 34.3 Å². The maximum Gasteiger partial charge on any atom is 0.361 e. The monoisotopic (exact) mass is 492 g/mol. The molecular weight excluding hydrogens is 464 g/mol. The molecular formula is C26H28N4O6. The first-order valence-corrected chi connectivity index (χ1v) is 11.2. The SMILES string of the molecule is COc1cc(-c2nc(COC(=O)c3nnn(-c4cc(C)cc(C)c4)c3C)c(C)o2)cc(OC)c1OC. The van der Waals surface area contributed by atoms with Gasteiger partial charge in [-0.1, -0.05) is 11.3 Å². The second-order valence-corrected chi connectivity index (χ2v) is 8.29. The maximum atomic E-state index is 12.8. The number of methoxy groups -OCH3 is 3. The van der Waals surface area contributed by atoms with Crippen LogP contribution in [0.4, 0.5) is 0 Å². The fraction of sp³-hybridized carbons (Fsp3) is 0.308. The van der Waals surface area contributed by atoms with E-state index in [9.17, 15) is 4.79 Å². The predicted octanol–water partition coefficient (Wildman–Crippen LogP) is 4.54. The van der Waals surface area contributed by atoms with Gasteiger partial charge in [-0.3, -0.25) is 0 Å². The molecule has 36 heavy (non-hydrogen) atoms. The van der Waals surface area contributed by atoms with Gasteiger partial charge in [0.1, 0.15) is 18.1 Å². The summed E-state index contributed by atoms with van der Waals surface area (Å²) in [5.41, 5.74) is 4.84. The second-order valence-electron chi connectivity index (χ2n) is 8.29. The standard InChI is InChI=1S/C26H28N4O6/c1-14-8-15(2)10-19(9-14)30-16(3)23(28-29-30)26(31)35-13-20-17(4)36-25(27-20)18-11-21(32-5)24(34-7)22(12-18)33-6/h8-12H,13H2,1-7H3. The van der Waals surface area contributed by atoms with Gasteiger partial charge in [0.05, 0.1) is 32.7 Å². The lowest BCUT2D eigenvalue weighted by molar-refractivity contribution is 0.0459. The number of benzene rings is 2. The van der Waals surface area contributed by atoms with Gasteiger partial charge < -0.3 is 23.4 Å². The summed E-state index contributed by atoms with van der Waals surface area (Å²) in [4.78, 5) is 17.3. The summed E-state index contributed by atoms with van der Waals surface area (Å²) in [5, 5.41) is 8.20. The molecule has 0 spiro atoms. The smallest absolute Gasteiger partial charge is 0.361 e. The van der Waals surface area contributed by atoms with E-state index in [1.807, 2.05) is 26.0 Å². The Morgan fingerprint density at radius 2 is 1.56 bits per heavy atom. The van der Waals surface area contributed by atoms with Crippen molar-refractivity contribution in [2.75, 3.05) is 21.3 Å². The number of carbonyl (C=O) groups is 1. The van der Waals surface area contributed by atoms with Crippen molar-refractivity contribution in [3.05, 3.63) is 64.3 Å². The third-order valence-corrected chi connectivity index (χ3v) is 5.68. The van der Waals surface area contributed by atoms with Crippen LogP contribution in [0.15, 0.2) is 34.7 Å². The quantitative estimate of drug-likeness (QED) is 0.327. The first-order valence-electron chi connectivity index (χ1n) is 11.2. The Bertz CT molecular complexity index is 1380. The lowest BCUT2D eigenvalue weighted by Gasteiger charge is -2.12. The molecule has 10 nitrogen and oxygen atoms in total. The minimum absolute atomic E-state index is 0.0888. The molecule has 4 rings (SSSR count). The average molecular weight is 493 g/mol. The van der Waals surface area contributed by atoms with Crippen molar-refractivity contribution in [1.29, 1.82) is 0 Å². The van der Waals surface area contributed by atoms with Crippen molar-refractivity contribution in [2.24, 2.45) is 0 Å². The van der Waals surface area contributed by atoms with Gasteiger partial charge in [-0.25, -0.2) is 14.5 Å². The Morgan fingerprint density at radius 1 is 0.917 bits per heavy atom. The minimum atomic E-state index is -0.597. The van der Waals surface area contributed by atoms with Gasteiger partial charge in [0.2, 0.25) is 11.6 Å². The molecule has 0 radical (unpaired) electrons. The topological polar surface area (TPSA) is 111 Å². The highest BCUT2D eigenvalue weighted by Gasteiger charge is 2.22. The van der Waals surface area contributed by atoms with E-state index in [1.165, 1.54) is 21.3 Å². The van der Waals surface area contributed by atoms with E-state index in [-0.39, 0.29) is 12.3 Å². The number of esters is 1. The first kappa shape index (κ1) is 24.8. The number of hydrogen-bond acceptors (Lipinski definition) is 9. The molecule has 0 aliphatic carbocycles. The summed E-state index contributed by atoms with van der Waals surface area (Å²) in [6.07, 6.45) is 0. The van der Waals surface area contributed by atoms with Crippen molar-refractivity contribution < 1.29 is 28.2 Å². The van der Waals surface area contributed by atoms with Crippen molar-refractivity contribution >= 4 is 5.97 Å². The van der Waals surface area contributed by atoms with Crippen LogP contribution in [-0.2, 0) is 11.3 Å². The van der Waals surface area contributed by atoms with E-state index < -0.39 is 5.97 Å². The van der Waals surface area contributed by atoms with Gasteiger partial charge in [0.25, 0.3) is 0 Å². The number of rotatable bonds is 8. The molecule has 4 aromatic rings. The van der Waals surface area contributed by atoms with Crippen molar-refractivity contribution in [3.8, 4) is 34.4 Å². The lowest BCUT2D eigenvalue weighted by atomic mass is 10.1. The molecule has 2 aromatic heterocycles. The normalized spacial score (nSPS) is 10.9. The third kappa shape index (κ3) is 4.74. The summed E-state index contributed by atoms with van der Waals surface area (Å²) < 4.78 is 29.1. The van der Waals surface area contributed by atoms with Gasteiger partial charge >= 0.3 is 5.97 Å². The molecule has 0 bridgehead atoms. The number of aromatic nitrogens is 4. The Labute approximate surface area is 208 Å². The van der Waals surface area contributed by atoms with Crippen LogP contribution < -0.4 is 14.2 Å². The fourth-order valence-corrected chi connectivity index (χ4v) is 3.93. The van der Waals surface area contributed by atoms with E-state index in [1.54, 1.807) is 30.7 Å². The summed E-state index contributed by atoms with van der Waals surface area (Å²) >= 11 is 0. The Balaban J connectivity index is 1.53. The molecule has 0 saturated carbocycles. The molecule has 0 atom stereocenters. The third-order valence-electron chi connectivity index (χ3n) is 5.68. The minimum Gasteiger partial charge on any atom is -0.493 e. The Hall–Kier alpha value is -4.34. The molecule has 0 aliphatic rings. The number of hydrogen-bond donors (Lipinski definition) is 0. The van der Waals surface area contributed by atoms with Crippen LogP contribution in [0.2, 0.25) is 0 Å². The van der Waals surface area contributed by atoms with Gasteiger partial charge in [-0.05, 0) is 63.1 Å². The van der Waals surface area contributed by atoms with Crippen LogP contribution >= 0.6 is 0 Å². The van der Waals surface area contributed by atoms with E-state index in [0.717, 1.165) is 16.8 Å². The fourth-order valence-electron chi connectivity index (χ4n) is 3.93. The predicted molar refractivity (Wildman–Crippen MR) is 131 cm³/mol. The largest absolute Gasteiger partial charge is 0.493 e. The maximum absolute atomic E-state index is 12.8.